The number of hydrogen-bond donors (Lipinski definition) is 0. The Labute approximate surface area is 204 Å². The predicted molar refractivity (Wildman–Crippen MR) is 132 cm³/mol. The molecule has 1 fully saturated rings. The van der Waals surface area contributed by atoms with Crippen LogP contribution in [0, 0.1) is 0 Å². The third-order valence-electron chi connectivity index (χ3n) is 6.22. The fraction of sp³-hybridized carbons (Fsp3) is 0.250. The van der Waals surface area contributed by atoms with Gasteiger partial charge in [0.25, 0.3) is 11.8 Å². The third kappa shape index (κ3) is 5.25. The minimum atomic E-state index is -0.281. The Morgan fingerprint density at radius 2 is 1.63 bits per heavy atom. The van der Waals surface area contributed by atoms with Gasteiger partial charge in [0.15, 0.2) is 6.61 Å². The Morgan fingerprint density at radius 3 is 2.37 bits per heavy atom. The molecule has 7 heteroatoms. The first-order valence-electron chi connectivity index (χ1n) is 11.8. The standard InChI is InChI=1S/C28H27N3O4/c32-27(30-14-16-34-17-15-30)20-35-24-13-7-12-23(18-24)26-19-25(21-8-3-1-4-9-21)29-31(26)28(33)22-10-5-2-6-11-22/h1-13,18,26H,14-17,19-20H2. The molecule has 7 nitrogen and oxygen atoms in total. The fourth-order valence-electron chi connectivity index (χ4n) is 4.34. The molecule has 1 saturated heterocycles. The Morgan fingerprint density at radius 1 is 0.914 bits per heavy atom. The van der Waals surface area contributed by atoms with Crippen molar-refractivity contribution < 1.29 is 19.1 Å². The Kier molecular flexibility index (Phi) is 6.86. The maximum absolute atomic E-state index is 13.4. The van der Waals surface area contributed by atoms with Crippen LogP contribution in [0.2, 0.25) is 0 Å². The van der Waals surface area contributed by atoms with Gasteiger partial charge in [-0.05, 0) is 35.4 Å². The molecular formula is C28H27N3O4. The number of rotatable bonds is 6. The molecule has 2 aliphatic rings. The Bertz CT molecular complexity index is 1210. The van der Waals surface area contributed by atoms with Crippen LogP contribution in [0.15, 0.2) is 90.0 Å². The lowest BCUT2D eigenvalue weighted by molar-refractivity contribution is -0.137. The minimum Gasteiger partial charge on any atom is -0.484 e. The van der Waals surface area contributed by atoms with E-state index in [0.29, 0.717) is 44.0 Å². The molecule has 1 atom stereocenters. The van der Waals surface area contributed by atoms with Gasteiger partial charge < -0.3 is 14.4 Å². The summed E-state index contributed by atoms with van der Waals surface area (Å²) >= 11 is 0. The second-order valence-electron chi connectivity index (χ2n) is 8.50. The maximum Gasteiger partial charge on any atom is 0.274 e. The topological polar surface area (TPSA) is 71.4 Å². The van der Waals surface area contributed by atoms with Crippen LogP contribution in [0.25, 0.3) is 0 Å². The summed E-state index contributed by atoms with van der Waals surface area (Å²) in [5.41, 5.74) is 3.33. The molecule has 0 aliphatic carbocycles. The van der Waals surface area contributed by atoms with E-state index in [-0.39, 0.29) is 24.5 Å². The number of ether oxygens (including phenoxy) is 2. The van der Waals surface area contributed by atoms with Crippen LogP contribution in [0.3, 0.4) is 0 Å². The molecule has 5 rings (SSSR count). The van der Waals surface area contributed by atoms with Crippen molar-refractivity contribution in [2.45, 2.75) is 12.5 Å². The molecule has 0 radical (unpaired) electrons. The highest BCUT2D eigenvalue weighted by atomic mass is 16.5. The molecule has 35 heavy (non-hydrogen) atoms. The van der Waals surface area contributed by atoms with E-state index in [1.165, 1.54) is 0 Å². The van der Waals surface area contributed by atoms with Crippen molar-refractivity contribution in [3.63, 3.8) is 0 Å². The Hall–Kier alpha value is -3.97. The summed E-state index contributed by atoms with van der Waals surface area (Å²) in [4.78, 5) is 27.6. The molecular weight excluding hydrogens is 442 g/mol. The van der Waals surface area contributed by atoms with Gasteiger partial charge in [-0.15, -0.1) is 0 Å². The van der Waals surface area contributed by atoms with E-state index in [4.69, 9.17) is 14.6 Å². The zero-order valence-electron chi connectivity index (χ0n) is 19.4. The first kappa shape index (κ1) is 22.8. The Balaban J connectivity index is 1.37. The summed E-state index contributed by atoms with van der Waals surface area (Å²) in [6.45, 7) is 2.24. The molecule has 0 spiro atoms. The second-order valence-corrected chi connectivity index (χ2v) is 8.50. The quantitative estimate of drug-likeness (QED) is 0.549. The molecule has 3 aromatic rings. The van der Waals surface area contributed by atoms with Crippen LogP contribution in [0.4, 0.5) is 0 Å². The summed E-state index contributed by atoms with van der Waals surface area (Å²) < 4.78 is 11.1. The van der Waals surface area contributed by atoms with Crippen molar-refractivity contribution >= 4 is 17.5 Å². The summed E-state index contributed by atoms with van der Waals surface area (Å²) in [6, 6.07) is 26.4. The molecule has 0 saturated carbocycles. The van der Waals surface area contributed by atoms with Gasteiger partial charge in [-0.1, -0.05) is 60.7 Å². The smallest absolute Gasteiger partial charge is 0.274 e. The number of carbonyl (C=O) groups excluding carboxylic acids is 2. The number of hydrazone groups is 1. The first-order valence-corrected chi connectivity index (χ1v) is 11.8. The second kappa shape index (κ2) is 10.5. The lowest BCUT2D eigenvalue weighted by Gasteiger charge is -2.26. The fourth-order valence-corrected chi connectivity index (χ4v) is 4.34. The van der Waals surface area contributed by atoms with Crippen LogP contribution in [0.5, 0.6) is 5.75 Å². The normalized spacial score (nSPS) is 17.7. The molecule has 3 aromatic carbocycles. The predicted octanol–water partition coefficient (Wildman–Crippen LogP) is 3.92. The molecule has 2 amide bonds. The van der Waals surface area contributed by atoms with E-state index in [1.54, 1.807) is 22.0 Å². The van der Waals surface area contributed by atoms with E-state index in [1.807, 2.05) is 72.8 Å². The lowest BCUT2D eigenvalue weighted by Crippen LogP contribution is -2.42. The highest BCUT2D eigenvalue weighted by molar-refractivity contribution is 6.05. The van der Waals surface area contributed by atoms with Crippen molar-refractivity contribution in [1.82, 2.24) is 9.91 Å². The van der Waals surface area contributed by atoms with Gasteiger partial charge in [-0.25, -0.2) is 5.01 Å². The van der Waals surface area contributed by atoms with Crippen molar-refractivity contribution in [2.75, 3.05) is 32.9 Å². The molecule has 0 bridgehead atoms. The minimum absolute atomic E-state index is 0.0352. The van der Waals surface area contributed by atoms with E-state index >= 15 is 0 Å². The highest BCUT2D eigenvalue weighted by Crippen LogP contribution is 2.35. The summed E-state index contributed by atoms with van der Waals surface area (Å²) in [5.74, 6) is 0.370. The van der Waals surface area contributed by atoms with Gasteiger partial charge in [-0.2, -0.15) is 5.10 Å². The van der Waals surface area contributed by atoms with E-state index in [0.717, 1.165) is 16.8 Å². The average Bonchev–Trinajstić information content (AvgIpc) is 3.39. The monoisotopic (exact) mass is 469 g/mol. The van der Waals surface area contributed by atoms with E-state index < -0.39 is 0 Å². The van der Waals surface area contributed by atoms with Crippen LogP contribution in [-0.2, 0) is 9.53 Å². The zero-order valence-corrected chi connectivity index (χ0v) is 19.4. The molecule has 178 valence electrons. The van der Waals surface area contributed by atoms with E-state index in [2.05, 4.69) is 0 Å². The number of morpholine rings is 1. The summed E-state index contributed by atoms with van der Waals surface area (Å²) in [6.07, 6.45) is 0.582. The molecule has 0 N–H and O–H groups in total. The maximum atomic E-state index is 13.4. The van der Waals surface area contributed by atoms with Crippen molar-refractivity contribution in [3.05, 3.63) is 102 Å². The van der Waals surface area contributed by atoms with Crippen LogP contribution < -0.4 is 4.74 Å². The summed E-state index contributed by atoms with van der Waals surface area (Å²) in [7, 11) is 0. The van der Waals surface area contributed by atoms with Gasteiger partial charge in [0.2, 0.25) is 0 Å². The van der Waals surface area contributed by atoms with Crippen molar-refractivity contribution in [2.24, 2.45) is 5.10 Å². The van der Waals surface area contributed by atoms with Crippen LogP contribution in [0.1, 0.15) is 33.9 Å². The third-order valence-corrected chi connectivity index (χ3v) is 6.22. The lowest BCUT2D eigenvalue weighted by atomic mass is 9.98. The van der Waals surface area contributed by atoms with Crippen LogP contribution in [-0.4, -0.2) is 60.3 Å². The molecule has 1 unspecified atom stereocenters. The first-order chi connectivity index (χ1) is 17.2. The number of hydrogen-bond acceptors (Lipinski definition) is 5. The zero-order chi connectivity index (χ0) is 24.0. The highest BCUT2D eigenvalue weighted by Gasteiger charge is 2.34. The average molecular weight is 470 g/mol. The van der Waals surface area contributed by atoms with Gasteiger partial charge in [0, 0.05) is 25.1 Å². The summed E-state index contributed by atoms with van der Waals surface area (Å²) in [5, 5.41) is 6.31. The largest absolute Gasteiger partial charge is 0.484 e. The van der Waals surface area contributed by atoms with Crippen molar-refractivity contribution in [1.29, 1.82) is 0 Å². The number of benzene rings is 3. The molecule has 0 aromatic heterocycles. The van der Waals surface area contributed by atoms with Gasteiger partial charge in [0.1, 0.15) is 5.75 Å². The number of carbonyl (C=O) groups is 2. The molecule has 2 heterocycles. The molecule has 2 aliphatic heterocycles. The van der Waals surface area contributed by atoms with Gasteiger partial charge in [0.05, 0.1) is 25.0 Å². The van der Waals surface area contributed by atoms with E-state index in [9.17, 15) is 9.59 Å². The number of nitrogens with zero attached hydrogens (tertiary/aromatic N) is 3. The van der Waals surface area contributed by atoms with Gasteiger partial charge >= 0.3 is 0 Å². The van der Waals surface area contributed by atoms with Gasteiger partial charge in [-0.3, -0.25) is 9.59 Å². The van der Waals surface area contributed by atoms with Crippen molar-refractivity contribution in [3.8, 4) is 5.75 Å². The van der Waals surface area contributed by atoms with Crippen LogP contribution >= 0.6 is 0 Å². The number of amides is 2. The SMILES string of the molecule is O=C(COc1cccc(C2CC(c3ccccc3)=NN2C(=O)c2ccccc2)c1)N1CCOCC1.